The van der Waals surface area contributed by atoms with E-state index in [0.717, 1.165) is 25.0 Å². The van der Waals surface area contributed by atoms with Gasteiger partial charge in [0.05, 0.1) is 5.56 Å². The summed E-state index contributed by atoms with van der Waals surface area (Å²) in [6.45, 7) is 2.58. The summed E-state index contributed by atoms with van der Waals surface area (Å²) < 4.78 is 37.7. The molecule has 1 rings (SSSR count). The van der Waals surface area contributed by atoms with Gasteiger partial charge < -0.3 is 11.1 Å². The number of nitrogens with two attached hydrogens (primary N) is 1. The molecule has 0 aliphatic heterocycles. The Hall–Kier alpha value is -0.750. The van der Waals surface area contributed by atoms with Crippen LogP contribution in [0.5, 0.6) is 0 Å². The quantitative estimate of drug-likeness (QED) is 0.858. The number of rotatable bonds is 5. The zero-order valence-electron chi connectivity index (χ0n) is 10.0. The molecule has 102 valence electrons. The molecule has 0 bridgehead atoms. The average molecular weight is 325 g/mol. The fraction of sp³-hybridized carbons (Fsp3) is 0.500. The molecule has 3 N–H and O–H groups in total. The van der Waals surface area contributed by atoms with Crippen LogP contribution in [-0.4, -0.2) is 12.6 Å². The van der Waals surface area contributed by atoms with Gasteiger partial charge in [0, 0.05) is 22.7 Å². The van der Waals surface area contributed by atoms with E-state index in [1.54, 1.807) is 0 Å². The Kier molecular flexibility index (Phi) is 5.47. The number of anilines is 1. The largest absolute Gasteiger partial charge is 0.416 e. The van der Waals surface area contributed by atoms with Gasteiger partial charge in [-0.05, 0) is 40.5 Å². The molecule has 0 saturated carbocycles. The number of nitrogens with one attached hydrogen (secondary N) is 1. The minimum atomic E-state index is -4.32. The Morgan fingerprint density at radius 3 is 2.56 bits per heavy atom. The van der Waals surface area contributed by atoms with Crippen LogP contribution in [0.3, 0.4) is 0 Å². The molecule has 2 nitrogen and oxygen atoms in total. The first-order valence-electron chi connectivity index (χ1n) is 5.70. The van der Waals surface area contributed by atoms with E-state index in [9.17, 15) is 13.2 Å². The lowest BCUT2D eigenvalue weighted by molar-refractivity contribution is -0.137. The first-order valence-corrected chi connectivity index (χ1v) is 6.50. The normalized spacial score (nSPS) is 13.4. The van der Waals surface area contributed by atoms with Crippen molar-refractivity contribution in [2.75, 3.05) is 11.9 Å². The Labute approximate surface area is 113 Å². The van der Waals surface area contributed by atoms with Gasteiger partial charge in [-0.2, -0.15) is 13.2 Å². The molecule has 1 atom stereocenters. The lowest BCUT2D eigenvalue weighted by Gasteiger charge is -2.15. The van der Waals surface area contributed by atoms with Gasteiger partial charge in [0.2, 0.25) is 0 Å². The molecule has 6 heteroatoms. The molecule has 0 saturated heterocycles. The number of halogens is 4. The smallest absolute Gasteiger partial charge is 0.383 e. The first kappa shape index (κ1) is 15.3. The number of hydrogen-bond acceptors (Lipinski definition) is 2. The molecule has 1 unspecified atom stereocenters. The minimum Gasteiger partial charge on any atom is -0.383 e. The van der Waals surface area contributed by atoms with Gasteiger partial charge in [-0.25, -0.2) is 0 Å². The van der Waals surface area contributed by atoms with Crippen molar-refractivity contribution in [1.82, 2.24) is 0 Å². The summed E-state index contributed by atoms with van der Waals surface area (Å²) in [6.07, 6.45) is -2.46. The van der Waals surface area contributed by atoms with Gasteiger partial charge in [-0.1, -0.05) is 13.3 Å². The Morgan fingerprint density at radius 2 is 2.06 bits per heavy atom. The van der Waals surface area contributed by atoms with E-state index in [0.29, 0.717) is 16.7 Å². The summed E-state index contributed by atoms with van der Waals surface area (Å²) >= 11 is 3.13. The fourth-order valence-electron chi connectivity index (χ4n) is 1.55. The standard InChI is InChI=1S/C12H16BrF3N2/c1-2-3-9(17)7-18-11-5-4-8(6-10(11)13)12(14,15)16/h4-6,9,18H,2-3,7,17H2,1H3. The van der Waals surface area contributed by atoms with Crippen molar-refractivity contribution in [3.63, 3.8) is 0 Å². The highest BCUT2D eigenvalue weighted by Crippen LogP contribution is 2.33. The van der Waals surface area contributed by atoms with E-state index < -0.39 is 11.7 Å². The van der Waals surface area contributed by atoms with Crippen LogP contribution >= 0.6 is 15.9 Å². The molecule has 0 aliphatic carbocycles. The van der Waals surface area contributed by atoms with E-state index >= 15 is 0 Å². The van der Waals surface area contributed by atoms with Gasteiger partial charge in [-0.15, -0.1) is 0 Å². The highest BCUT2D eigenvalue weighted by atomic mass is 79.9. The van der Waals surface area contributed by atoms with Crippen LogP contribution in [0, 0.1) is 0 Å². The maximum atomic E-state index is 12.5. The summed E-state index contributed by atoms with van der Waals surface area (Å²) in [5.41, 5.74) is 5.77. The molecule has 0 radical (unpaired) electrons. The van der Waals surface area contributed by atoms with Crippen LogP contribution in [-0.2, 0) is 6.18 Å². The van der Waals surface area contributed by atoms with Gasteiger partial charge in [0.15, 0.2) is 0 Å². The third-order valence-corrected chi connectivity index (χ3v) is 3.17. The minimum absolute atomic E-state index is 0.00388. The Bertz CT molecular complexity index is 393. The van der Waals surface area contributed by atoms with Crippen LogP contribution in [0.1, 0.15) is 25.3 Å². The van der Waals surface area contributed by atoms with Crippen molar-refractivity contribution in [3.05, 3.63) is 28.2 Å². The van der Waals surface area contributed by atoms with Crippen molar-refractivity contribution < 1.29 is 13.2 Å². The lowest BCUT2D eigenvalue weighted by Crippen LogP contribution is -2.28. The third-order valence-electron chi connectivity index (χ3n) is 2.51. The molecule has 0 aliphatic rings. The molecular formula is C12H16BrF3N2. The van der Waals surface area contributed by atoms with Gasteiger partial charge >= 0.3 is 6.18 Å². The van der Waals surface area contributed by atoms with Gasteiger partial charge in [0.25, 0.3) is 0 Å². The predicted octanol–water partition coefficient (Wildman–Crippen LogP) is 4.01. The van der Waals surface area contributed by atoms with Crippen molar-refractivity contribution in [2.24, 2.45) is 5.73 Å². The number of hydrogen-bond donors (Lipinski definition) is 2. The second kappa shape index (κ2) is 6.43. The second-order valence-electron chi connectivity index (χ2n) is 4.12. The summed E-state index contributed by atoms with van der Waals surface area (Å²) in [4.78, 5) is 0. The number of alkyl halides is 3. The molecular weight excluding hydrogens is 309 g/mol. The first-order chi connectivity index (χ1) is 8.34. The van der Waals surface area contributed by atoms with E-state index in [1.807, 2.05) is 6.92 Å². The molecule has 0 aromatic heterocycles. The van der Waals surface area contributed by atoms with Crippen molar-refractivity contribution in [2.45, 2.75) is 32.0 Å². The lowest BCUT2D eigenvalue weighted by atomic mass is 10.1. The van der Waals surface area contributed by atoms with Crippen molar-refractivity contribution in [1.29, 1.82) is 0 Å². The summed E-state index contributed by atoms with van der Waals surface area (Å²) in [7, 11) is 0. The molecule has 1 aromatic rings. The monoisotopic (exact) mass is 324 g/mol. The van der Waals surface area contributed by atoms with Crippen LogP contribution < -0.4 is 11.1 Å². The van der Waals surface area contributed by atoms with Gasteiger partial charge in [-0.3, -0.25) is 0 Å². The fourth-order valence-corrected chi connectivity index (χ4v) is 2.07. The maximum Gasteiger partial charge on any atom is 0.416 e. The van der Waals surface area contributed by atoms with Crippen LogP contribution in [0.15, 0.2) is 22.7 Å². The third kappa shape index (κ3) is 4.49. The number of benzene rings is 1. The summed E-state index contributed by atoms with van der Waals surface area (Å²) in [6, 6.07) is 3.53. The average Bonchev–Trinajstić information content (AvgIpc) is 2.26. The molecule has 18 heavy (non-hydrogen) atoms. The van der Waals surface area contributed by atoms with Crippen LogP contribution in [0.4, 0.5) is 18.9 Å². The van der Waals surface area contributed by atoms with E-state index in [2.05, 4.69) is 21.2 Å². The Morgan fingerprint density at radius 1 is 1.39 bits per heavy atom. The summed E-state index contributed by atoms with van der Waals surface area (Å²) in [5.74, 6) is 0. The van der Waals surface area contributed by atoms with Crippen LogP contribution in [0.25, 0.3) is 0 Å². The molecule has 1 aromatic carbocycles. The van der Waals surface area contributed by atoms with E-state index in [-0.39, 0.29) is 6.04 Å². The highest BCUT2D eigenvalue weighted by molar-refractivity contribution is 9.10. The predicted molar refractivity (Wildman–Crippen MR) is 70.5 cm³/mol. The summed E-state index contributed by atoms with van der Waals surface area (Å²) in [5, 5.41) is 3.04. The molecule has 0 heterocycles. The zero-order chi connectivity index (χ0) is 13.8. The SMILES string of the molecule is CCCC(N)CNc1ccc(C(F)(F)F)cc1Br. The van der Waals surface area contributed by atoms with Crippen molar-refractivity contribution in [3.8, 4) is 0 Å². The topological polar surface area (TPSA) is 38.0 Å². The zero-order valence-corrected chi connectivity index (χ0v) is 11.6. The second-order valence-corrected chi connectivity index (χ2v) is 4.98. The van der Waals surface area contributed by atoms with E-state index in [1.165, 1.54) is 6.07 Å². The molecule has 0 amide bonds. The molecule has 0 spiro atoms. The van der Waals surface area contributed by atoms with E-state index in [4.69, 9.17) is 5.73 Å². The van der Waals surface area contributed by atoms with Crippen LogP contribution in [0.2, 0.25) is 0 Å². The van der Waals surface area contributed by atoms with Crippen molar-refractivity contribution >= 4 is 21.6 Å². The highest BCUT2D eigenvalue weighted by Gasteiger charge is 2.30. The molecule has 0 fully saturated rings. The van der Waals surface area contributed by atoms with Gasteiger partial charge in [0.1, 0.15) is 0 Å². The maximum absolute atomic E-state index is 12.5. The Balaban J connectivity index is 2.69.